The minimum atomic E-state index is 0.177. The van der Waals surface area contributed by atoms with Gasteiger partial charge >= 0.3 is 0 Å². The van der Waals surface area contributed by atoms with E-state index < -0.39 is 0 Å². The van der Waals surface area contributed by atoms with Crippen LogP contribution in [-0.4, -0.2) is 49.1 Å². The quantitative estimate of drug-likeness (QED) is 0.771. The van der Waals surface area contributed by atoms with Crippen molar-refractivity contribution < 1.29 is 4.79 Å². The first-order valence-electron chi connectivity index (χ1n) is 7.30. The lowest BCUT2D eigenvalue weighted by atomic mass is 9.93. The number of rotatable bonds is 2. The first-order chi connectivity index (χ1) is 8.56. The monoisotopic (exact) mass is 253 g/mol. The fourth-order valence-electron chi connectivity index (χ4n) is 2.96. The van der Waals surface area contributed by atoms with E-state index in [1.807, 2.05) is 0 Å². The zero-order valence-corrected chi connectivity index (χ0v) is 11.9. The summed E-state index contributed by atoms with van der Waals surface area (Å²) in [4.78, 5) is 14.6. The van der Waals surface area contributed by atoms with Crippen molar-refractivity contribution in [3.63, 3.8) is 0 Å². The maximum Gasteiger partial charge on any atom is 0.224 e. The average molecular weight is 253 g/mol. The highest BCUT2D eigenvalue weighted by molar-refractivity contribution is 5.79. The van der Waals surface area contributed by atoms with E-state index in [1.54, 1.807) is 0 Å². The largest absolute Gasteiger partial charge is 0.353 e. The predicted octanol–water partition coefficient (Wildman–Crippen LogP) is 0.973. The van der Waals surface area contributed by atoms with E-state index in [0.29, 0.717) is 18.1 Å². The van der Waals surface area contributed by atoms with Crippen molar-refractivity contribution in [2.24, 2.45) is 5.92 Å². The molecule has 1 amide bonds. The summed E-state index contributed by atoms with van der Waals surface area (Å²) in [6.45, 7) is 6.36. The van der Waals surface area contributed by atoms with Crippen molar-refractivity contribution in [2.45, 2.75) is 57.7 Å². The summed E-state index contributed by atoms with van der Waals surface area (Å²) in [5.74, 6) is 0.437. The Labute approximate surface area is 110 Å². The highest BCUT2D eigenvalue weighted by Gasteiger charge is 2.28. The van der Waals surface area contributed by atoms with Gasteiger partial charge < -0.3 is 15.5 Å². The smallest absolute Gasteiger partial charge is 0.224 e. The Morgan fingerprint density at radius 1 is 1.28 bits per heavy atom. The van der Waals surface area contributed by atoms with E-state index in [0.717, 1.165) is 38.8 Å². The molecule has 104 valence electrons. The molecule has 2 fully saturated rings. The molecule has 2 heterocycles. The second kappa shape index (κ2) is 6.02. The van der Waals surface area contributed by atoms with Crippen molar-refractivity contribution in [2.75, 3.05) is 20.1 Å². The molecule has 2 saturated heterocycles. The van der Waals surface area contributed by atoms with Crippen LogP contribution in [0.1, 0.15) is 39.5 Å². The van der Waals surface area contributed by atoms with Crippen molar-refractivity contribution >= 4 is 5.91 Å². The van der Waals surface area contributed by atoms with Gasteiger partial charge in [0.2, 0.25) is 5.91 Å². The summed E-state index contributed by atoms with van der Waals surface area (Å²) in [6.07, 6.45) is 4.31. The number of carbonyl (C=O) groups excluding carboxylic acids is 1. The third-order valence-electron chi connectivity index (χ3n) is 4.59. The fraction of sp³-hybridized carbons (Fsp3) is 0.929. The molecule has 2 aliphatic heterocycles. The van der Waals surface area contributed by atoms with Crippen LogP contribution in [0.15, 0.2) is 0 Å². The zero-order chi connectivity index (χ0) is 13.1. The number of carbonyl (C=O) groups is 1. The molecule has 0 spiro atoms. The van der Waals surface area contributed by atoms with Crippen LogP contribution in [0.4, 0.5) is 0 Å². The van der Waals surface area contributed by atoms with Gasteiger partial charge in [0.1, 0.15) is 0 Å². The van der Waals surface area contributed by atoms with Crippen molar-refractivity contribution in [1.29, 1.82) is 0 Å². The van der Waals surface area contributed by atoms with Crippen LogP contribution in [-0.2, 0) is 4.79 Å². The van der Waals surface area contributed by atoms with E-state index >= 15 is 0 Å². The number of nitrogens with zero attached hydrogens (tertiary/aromatic N) is 1. The van der Waals surface area contributed by atoms with E-state index in [-0.39, 0.29) is 11.8 Å². The van der Waals surface area contributed by atoms with Gasteiger partial charge in [-0.3, -0.25) is 4.79 Å². The van der Waals surface area contributed by atoms with Gasteiger partial charge in [0.15, 0.2) is 0 Å². The molecule has 0 aromatic rings. The molecule has 0 bridgehead atoms. The Balaban J connectivity index is 1.77. The predicted molar refractivity (Wildman–Crippen MR) is 73.4 cm³/mol. The van der Waals surface area contributed by atoms with Crippen molar-refractivity contribution in [3.05, 3.63) is 0 Å². The van der Waals surface area contributed by atoms with Gasteiger partial charge in [-0.2, -0.15) is 0 Å². The first-order valence-corrected chi connectivity index (χ1v) is 7.30. The van der Waals surface area contributed by atoms with Crippen LogP contribution >= 0.6 is 0 Å². The van der Waals surface area contributed by atoms with E-state index in [1.165, 1.54) is 0 Å². The van der Waals surface area contributed by atoms with Gasteiger partial charge in [0.05, 0.1) is 5.92 Å². The number of piperidine rings is 2. The molecule has 4 nitrogen and oxygen atoms in total. The summed E-state index contributed by atoms with van der Waals surface area (Å²) in [5.41, 5.74) is 0. The number of hydrogen-bond acceptors (Lipinski definition) is 3. The Morgan fingerprint density at radius 3 is 2.67 bits per heavy atom. The molecule has 2 rings (SSSR count). The molecule has 0 aromatic carbocycles. The standard InChI is InChI=1S/C14H27N3O/c1-10-4-5-12(9-15-10)14(18)16-13-6-7-17(3)11(2)8-13/h10-13,15H,4-9H2,1-3H3,(H,16,18). The van der Waals surface area contributed by atoms with Crippen molar-refractivity contribution in [3.8, 4) is 0 Å². The minimum Gasteiger partial charge on any atom is -0.353 e. The number of amides is 1. The van der Waals surface area contributed by atoms with Gasteiger partial charge in [-0.1, -0.05) is 0 Å². The molecule has 4 unspecified atom stereocenters. The maximum atomic E-state index is 12.2. The normalized spacial score (nSPS) is 38.4. The number of likely N-dealkylation sites (tertiary alicyclic amines) is 1. The van der Waals surface area contributed by atoms with Gasteiger partial charge in [-0.15, -0.1) is 0 Å². The lowest BCUT2D eigenvalue weighted by Crippen LogP contribution is -2.51. The molecular formula is C14H27N3O. The van der Waals surface area contributed by atoms with Gasteiger partial charge in [0, 0.05) is 31.2 Å². The van der Waals surface area contributed by atoms with Crippen LogP contribution in [0.25, 0.3) is 0 Å². The maximum absolute atomic E-state index is 12.2. The summed E-state index contributed by atoms with van der Waals surface area (Å²) in [6, 6.07) is 1.52. The molecule has 2 aliphatic rings. The number of hydrogen-bond donors (Lipinski definition) is 2. The molecule has 2 N–H and O–H groups in total. The number of nitrogens with one attached hydrogen (secondary N) is 2. The highest BCUT2D eigenvalue weighted by Crippen LogP contribution is 2.18. The van der Waals surface area contributed by atoms with Gasteiger partial charge in [0.25, 0.3) is 0 Å². The highest BCUT2D eigenvalue weighted by atomic mass is 16.2. The Hall–Kier alpha value is -0.610. The molecule has 18 heavy (non-hydrogen) atoms. The first kappa shape index (κ1) is 13.8. The lowest BCUT2D eigenvalue weighted by Gasteiger charge is -2.36. The molecule has 0 aromatic heterocycles. The van der Waals surface area contributed by atoms with Gasteiger partial charge in [-0.25, -0.2) is 0 Å². The molecule has 4 heteroatoms. The third-order valence-corrected chi connectivity index (χ3v) is 4.59. The van der Waals surface area contributed by atoms with Gasteiger partial charge in [-0.05, 0) is 46.6 Å². The van der Waals surface area contributed by atoms with Crippen LogP contribution < -0.4 is 10.6 Å². The molecular weight excluding hydrogens is 226 g/mol. The molecule has 0 saturated carbocycles. The van der Waals surface area contributed by atoms with Crippen LogP contribution in [0.2, 0.25) is 0 Å². The molecule has 4 atom stereocenters. The molecule has 0 radical (unpaired) electrons. The van der Waals surface area contributed by atoms with E-state index in [9.17, 15) is 4.79 Å². The summed E-state index contributed by atoms with van der Waals surface area (Å²) in [5, 5.41) is 6.65. The fourth-order valence-corrected chi connectivity index (χ4v) is 2.96. The summed E-state index contributed by atoms with van der Waals surface area (Å²) in [7, 11) is 2.16. The summed E-state index contributed by atoms with van der Waals surface area (Å²) >= 11 is 0. The minimum absolute atomic E-state index is 0.177. The second-order valence-corrected chi connectivity index (χ2v) is 6.14. The Bertz CT molecular complexity index is 287. The SMILES string of the molecule is CC1CCC(C(=O)NC2CCN(C)C(C)C2)CN1. The van der Waals surface area contributed by atoms with Crippen molar-refractivity contribution in [1.82, 2.24) is 15.5 Å². The van der Waals surface area contributed by atoms with Crippen LogP contribution in [0.3, 0.4) is 0 Å². The Kier molecular flexibility index (Phi) is 4.62. The lowest BCUT2D eigenvalue weighted by molar-refractivity contribution is -0.126. The average Bonchev–Trinajstić information content (AvgIpc) is 2.34. The van der Waals surface area contributed by atoms with Crippen LogP contribution in [0.5, 0.6) is 0 Å². The second-order valence-electron chi connectivity index (χ2n) is 6.14. The topological polar surface area (TPSA) is 44.4 Å². The van der Waals surface area contributed by atoms with E-state index in [2.05, 4.69) is 36.4 Å². The van der Waals surface area contributed by atoms with Crippen LogP contribution in [0, 0.1) is 5.92 Å². The van der Waals surface area contributed by atoms with E-state index in [4.69, 9.17) is 0 Å². The zero-order valence-electron chi connectivity index (χ0n) is 11.9. The summed E-state index contributed by atoms with van der Waals surface area (Å²) < 4.78 is 0. The molecule has 0 aliphatic carbocycles. The Morgan fingerprint density at radius 2 is 2.06 bits per heavy atom. The third kappa shape index (κ3) is 3.45.